The Hall–Kier alpha value is -2.14. The average Bonchev–Trinajstić information content (AvgIpc) is 2.95. The summed E-state index contributed by atoms with van der Waals surface area (Å²) in [5, 5.41) is 3.19. The van der Waals surface area contributed by atoms with E-state index >= 15 is 0 Å². The van der Waals surface area contributed by atoms with Gasteiger partial charge in [0.15, 0.2) is 0 Å². The molecule has 5 nitrogen and oxygen atoms in total. The van der Waals surface area contributed by atoms with E-state index in [9.17, 15) is 4.79 Å². The lowest BCUT2D eigenvalue weighted by atomic mass is 9.84. The van der Waals surface area contributed by atoms with Crippen molar-refractivity contribution < 1.29 is 4.79 Å². The number of carbonyl (C=O) groups is 1. The predicted octanol–water partition coefficient (Wildman–Crippen LogP) is 3.13. The molecule has 0 spiro atoms. The van der Waals surface area contributed by atoms with Crippen LogP contribution in [0.25, 0.3) is 5.82 Å². The number of aryl methyl sites for hydroxylation is 1. The highest BCUT2D eigenvalue weighted by Crippen LogP contribution is 2.27. The summed E-state index contributed by atoms with van der Waals surface area (Å²) in [6.45, 7) is 4.46. The highest BCUT2D eigenvalue weighted by atomic mass is 16.1. The van der Waals surface area contributed by atoms with Gasteiger partial charge in [0.25, 0.3) is 5.91 Å². The van der Waals surface area contributed by atoms with Gasteiger partial charge in [-0.1, -0.05) is 25.3 Å². The zero-order chi connectivity index (χ0) is 17.8. The topological polar surface area (TPSA) is 72.9 Å². The van der Waals surface area contributed by atoms with Gasteiger partial charge in [-0.15, -0.1) is 0 Å². The largest absolute Gasteiger partial charge is 0.348 e. The minimum Gasteiger partial charge on any atom is -0.348 e. The van der Waals surface area contributed by atoms with Gasteiger partial charge >= 0.3 is 0 Å². The van der Waals surface area contributed by atoms with Crippen LogP contribution in [-0.2, 0) is 0 Å². The van der Waals surface area contributed by atoms with Gasteiger partial charge in [-0.25, -0.2) is 4.98 Å². The van der Waals surface area contributed by atoms with Crippen molar-refractivity contribution >= 4 is 5.91 Å². The molecule has 2 heterocycles. The maximum atomic E-state index is 12.9. The molecule has 0 radical (unpaired) electrons. The molecule has 1 fully saturated rings. The summed E-state index contributed by atoms with van der Waals surface area (Å²) in [5.74, 6) is 1.30. The Morgan fingerprint density at radius 1 is 1.32 bits per heavy atom. The second-order valence-electron chi connectivity index (χ2n) is 7.02. The first-order valence-electron chi connectivity index (χ1n) is 9.23. The summed E-state index contributed by atoms with van der Waals surface area (Å²) >= 11 is 0. The molecular formula is C20H28N4O. The fourth-order valence-corrected chi connectivity index (χ4v) is 3.98. The van der Waals surface area contributed by atoms with Crippen molar-refractivity contribution in [3.63, 3.8) is 0 Å². The molecule has 1 amide bonds. The summed E-state index contributed by atoms with van der Waals surface area (Å²) in [5.41, 5.74) is 8.58. The maximum absolute atomic E-state index is 12.9. The Balaban J connectivity index is 1.80. The third kappa shape index (κ3) is 3.76. The molecule has 5 heteroatoms. The van der Waals surface area contributed by atoms with Gasteiger partial charge in [0.2, 0.25) is 0 Å². The molecule has 1 atom stereocenters. The first-order valence-corrected chi connectivity index (χ1v) is 9.23. The fourth-order valence-electron chi connectivity index (χ4n) is 3.98. The maximum Gasteiger partial charge on any atom is 0.253 e. The third-order valence-corrected chi connectivity index (χ3v) is 5.34. The minimum absolute atomic E-state index is 0.0312. The van der Waals surface area contributed by atoms with Crippen molar-refractivity contribution in [2.45, 2.75) is 52.0 Å². The van der Waals surface area contributed by atoms with Crippen LogP contribution in [0, 0.1) is 19.8 Å². The molecule has 1 saturated carbocycles. The number of aromatic nitrogens is 2. The quantitative estimate of drug-likeness (QED) is 0.878. The molecule has 0 saturated heterocycles. The van der Waals surface area contributed by atoms with Gasteiger partial charge in [0.05, 0.1) is 5.56 Å². The Bertz CT molecular complexity index is 717. The van der Waals surface area contributed by atoms with Crippen LogP contribution in [-0.4, -0.2) is 28.0 Å². The lowest BCUT2D eigenvalue weighted by molar-refractivity contribution is 0.0915. The number of carbonyl (C=O) groups excluding carboxylic acids is 1. The van der Waals surface area contributed by atoms with E-state index in [4.69, 9.17) is 5.73 Å². The third-order valence-electron chi connectivity index (χ3n) is 5.34. The molecule has 0 aromatic carbocycles. The molecule has 25 heavy (non-hydrogen) atoms. The number of nitrogens with zero attached hydrogens (tertiary/aromatic N) is 2. The summed E-state index contributed by atoms with van der Waals surface area (Å²) < 4.78 is 2.02. The van der Waals surface area contributed by atoms with E-state index in [1.54, 1.807) is 6.20 Å². The van der Waals surface area contributed by atoms with Crippen LogP contribution in [0.15, 0.2) is 30.5 Å². The number of nitrogens with one attached hydrogen (secondary N) is 1. The number of hydrogen-bond acceptors (Lipinski definition) is 3. The molecule has 1 aliphatic carbocycles. The molecule has 3 N–H and O–H groups in total. The Morgan fingerprint density at radius 2 is 2.08 bits per heavy atom. The van der Waals surface area contributed by atoms with Gasteiger partial charge < -0.3 is 15.6 Å². The lowest BCUT2D eigenvalue weighted by Crippen LogP contribution is -2.46. The van der Waals surface area contributed by atoms with E-state index in [2.05, 4.69) is 10.3 Å². The molecule has 3 rings (SSSR count). The number of pyridine rings is 1. The average molecular weight is 340 g/mol. The van der Waals surface area contributed by atoms with E-state index < -0.39 is 0 Å². The molecule has 1 unspecified atom stereocenters. The Morgan fingerprint density at radius 3 is 2.72 bits per heavy atom. The molecule has 2 aromatic heterocycles. The van der Waals surface area contributed by atoms with Gasteiger partial charge in [0.1, 0.15) is 5.82 Å². The van der Waals surface area contributed by atoms with E-state index in [1.165, 1.54) is 19.3 Å². The van der Waals surface area contributed by atoms with Gasteiger partial charge in [-0.05, 0) is 50.8 Å². The monoisotopic (exact) mass is 340 g/mol. The van der Waals surface area contributed by atoms with E-state index in [-0.39, 0.29) is 11.9 Å². The van der Waals surface area contributed by atoms with Crippen LogP contribution < -0.4 is 11.1 Å². The van der Waals surface area contributed by atoms with Crippen LogP contribution in [0.5, 0.6) is 0 Å². The molecule has 1 aliphatic rings. The Kier molecular flexibility index (Phi) is 5.53. The van der Waals surface area contributed by atoms with Crippen LogP contribution in [0.2, 0.25) is 0 Å². The van der Waals surface area contributed by atoms with Crippen molar-refractivity contribution in [3.8, 4) is 5.82 Å². The zero-order valence-corrected chi connectivity index (χ0v) is 15.2. The summed E-state index contributed by atoms with van der Waals surface area (Å²) in [4.78, 5) is 17.3. The smallest absolute Gasteiger partial charge is 0.253 e. The first kappa shape index (κ1) is 17.7. The second kappa shape index (κ2) is 7.83. The number of nitrogens with two attached hydrogens (primary N) is 1. The lowest BCUT2D eigenvalue weighted by Gasteiger charge is -2.30. The predicted molar refractivity (Wildman–Crippen MR) is 99.9 cm³/mol. The van der Waals surface area contributed by atoms with E-state index in [1.807, 2.05) is 42.7 Å². The van der Waals surface area contributed by atoms with E-state index in [0.29, 0.717) is 18.0 Å². The summed E-state index contributed by atoms with van der Waals surface area (Å²) in [6.07, 6.45) is 7.87. The highest BCUT2D eigenvalue weighted by Gasteiger charge is 2.26. The molecule has 0 aliphatic heterocycles. The number of hydrogen-bond donors (Lipinski definition) is 2. The zero-order valence-electron chi connectivity index (χ0n) is 15.2. The van der Waals surface area contributed by atoms with Crippen molar-refractivity contribution in [2.24, 2.45) is 11.7 Å². The second-order valence-corrected chi connectivity index (χ2v) is 7.02. The number of rotatable bonds is 5. The van der Waals surface area contributed by atoms with Gasteiger partial charge in [-0.3, -0.25) is 4.79 Å². The molecule has 134 valence electrons. The van der Waals surface area contributed by atoms with Crippen LogP contribution in [0.1, 0.15) is 53.8 Å². The summed E-state index contributed by atoms with van der Waals surface area (Å²) in [6, 6.07) is 7.79. The number of amides is 1. The standard InChI is InChI=1S/C20H28N4O/c1-14-12-17(15(2)24(14)19-10-6-7-11-22-19)20(25)23-18(13-21)16-8-4-3-5-9-16/h6-7,10-12,16,18H,3-5,8-9,13,21H2,1-2H3,(H,23,25). The first-order chi connectivity index (χ1) is 12.1. The molecule has 2 aromatic rings. The van der Waals surface area contributed by atoms with E-state index in [0.717, 1.165) is 30.0 Å². The van der Waals surface area contributed by atoms with Crippen LogP contribution in [0.4, 0.5) is 0 Å². The highest BCUT2D eigenvalue weighted by molar-refractivity contribution is 5.96. The van der Waals surface area contributed by atoms with Gasteiger partial charge in [-0.2, -0.15) is 0 Å². The Labute approximate surface area is 149 Å². The normalized spacial score (nSPS) is 16.6. The van der Waals surface area contributed by atoms with Crippen LogP contribution in [0.3, 0.4) is 0 Å². The van der Waals surface area contributed by atoms with Gasteiger partial charge in [0, 0.05) is 30.2 Å². The van der Waals surface area contributed by atoms with Crippen molar-refractivity contribution in [3.05, 3.63) is 47.4 Å². The SMILES string of the molecule is Cc1cc(C(=O)NC(CN)C2CCCCC2)c(C)n1-c1ccccn1. The summed E-state index contributed by atoms with van der Waals surface area (Å²) in [7, 11) is 0. The van der Waals surface area contributed by atoms with Crippen molar-refractivity contribution in [1.29, 1.82) is 0 Å². The van der Waals surface area contributed by atoms with Crippen LogP contribution >= 0.6 is 0 Å². The van der Waals surface area contributed by atoms with Crippen molar-refractivity contribution in [2.75, 3.05) is 6.54 Å². The fraction of sp³-hybridized carbons (Fsp3) is 0.500. The van der Waals surface area contributed by atoms with Crippen molar-refractivity contribution in [1.82, 2.24) is 14.9 Å². The minimum atomic E-state index is -0.0312. The molecular weight excluding hydrogens is 312 g/mol. The molecule has 0 bridgehead atoms.